The quantitative estimate of drug-likeness (QED) is 0.903. The molecule has 2 aliphatic rings. The number of fused-ring (bicyclic) bond motifs is 1. The number of rotatable bonds is 3. The first-order valence-corrected chi connectivity index (χ1v) is 8.72. The van der Waals surface area contributed by atoms with Crippen molar-refractivity contribution in [2.45, 2.75) is 31.7 Å². The van der Waals surface area contributed by atoms with Crippen molar-refractivity contribution >= 4 is 11.4 Å². The number of pyridine rings is 1. The van der Waals surface area contributed by atoms with E-state index >= 15 is 0 Å². The van der Waals surface area contributed by atoms with Crippen molar-refractivity contribution in [1.29, 1.82) is 0 Å². The summed E-state index contributed by atoms with van der Waals surface area (Å²) in [4.78, 5) is 4.59. The zero-order valence-corrected chi connectivity index (χ0v) is 13.7. The molecule has 124 valence electrons. The Hall–Kier alpha value is -2.20. The van der Waals surface area contributed by atoms with Gasteiger partial charge in [-0.3, -0.25) is 0 Å². The zero-order valence-electron chi connectivity index (χ0n) is 13.7. The molecule has 2 N–H and O–H groups in total. The average Bonchev–Trinajstić information content (AvgIpc) is 2.62. The number of anilines is 1. The van der Waals surface area contributed by atoms with Crippen LogP contribution in [0.2, 0.25) is 0 Å². The molecule has 1 saturated heterocycles. The van der Waals surface area contributed by atoms with E-state index in [0.29, 0.717) is 6.04 Å². The van der Waals surface area contributed by atoms with Gasteiger partial charge in [-0.25, -0.2) is 9.37 Å². The predicted octanol–water partition coefficient (Wildman–Crippen LogP) is 3.76. The fourth-order valence-corrected chi connectivity index (χ4v) is 3.60. The lowest BCUT2D eigenvalue weighted by Crippen LogP contribution is -2.35. The fourth-order valence-electron chi connectivity index (χ4n) is 3.60. The molecule has 0 unspecified atom stereocenters. The minimum absolute atomic E-state index is 0.158. The summed E-state index contributed by atoms with van der Waals surface area (Å²) in [6.45, 7) is 2.13. The van der Waals surface area contributed by atoms with Gasteiger partial charge in [-0.1, -0.05) is 12.1 Å². The van der Waals surface area contributed by atoms with Crippen molar-refractivity contribution in [3.05, 3.63) is 65.1 Å². The fraction of sp³-hybridized carbons (Fsp3) is 0.350. The Morgan fingerprint density at radius 3 is 2.79 bits per heavy atom. The average molecular weight is 323 g/mol. The number of piperidine rings is 1. The molecule has 1 aromatic heterocycles. The van der Waals surface area contributed by atoms with Gasteiger partial charge in [-0.2, -0.15) is 0 Å². The van der Waals surface area contributed by atoms with E-state index in [1.54, 1.807) is 12.1 Å². The van der Waals surface area contributed by atoms with Crippen LogP contribution in [0.1, 0.15) is 36.0 Å². The molecule has 1 aromatic carbocycles. The summed E-state index contributed by atoms with van der Waals surface area (Å²) in [7, 11) is 0. The number of aryl methyl sites for hydroxylation is 1. The molecule has 0 radical (unpaired) electrons. The lowest BCUT2D eigenvalue weighted by Gasteiger charge is -2.24. The maximum atomic E-state index is 13.5. The second-order valence-electron chi connectivity index (χ2n) is 6.56. The van der Waals surface area contributed by atoms with Crippen molar-refractivity contribution in [3.63, 3.8) is 0 Å². The lowest BCUT2D eigenvalue weighted by atomic mass is 9.87. The highest BCUT2D eigenvalue weighted by Crippen LogP contribution is 2.32. The molecule has 0 spiro atoms. The second kappa shape index (κ2) is 6.73. The van der Waals surface area contributed by atoms with Crippen LogP contribution >= 0.6 is 0 Å². The van der Waals surface area contributed by atoms with Gasteiger partial charge >= 0.3 is 0 Å². The monoisotopic (exact) mass is 323 g/mol. The van der Waals surface area contributed by atoms with Crippen molar-refractivity contribution in [2.75, 3.05) is 18.4 Å². The molecule has 0 saturated carbocycles. The van der Waals surface area contributed by atoms with Gasteiger partial charge in [0, 0.05) is 17.8 Å². The van der Waals surface area contributed by atoms with E-state index in [2.05, 4.69) is 33.8 Å². The molecule has 4 rings (SSSR count). The number of nitrogens with zero attached hydrogens (tertiary/aromatic N) is 1. The maximum absolute atomic E-state index is 13.5. The highest BCUT2D eigenvalue weighted by atomic mass is 19.1. The van der Waals surface area contributed by atoms with Crippen molar-refractivity contribution in [3.8, 4) is 0 Å². The SMILES string of the molecule is Fc1ccc2c(c1)CCC=C2c1ccc(NC2CCNCC2)nc1. The molecule has 1 fully saturated rings. The smallest absolute Gasteiger partial charge is 0.126 e. The molecule has 0 bridgehead atoms. The number of halogens is 1. The molecule has 2 aromatic rings. The Bertz CT molecular complexity index is 746. The van der Waals surface area contributed by atoms with Crippen LogP contribution < -0.4 is 10.6 Å². The first kappa shape index (κ1) is 15.3. The number of hydrogen-bond donors (Lipinski definition) is 2. The van der Waals surface area contributed by atoms with Crippen molar-refractivity contribution < 1.29 is 4.39 Å². The summed E-state index contributed by atoms with van der Waals surface area (Å²) in [5.41, 5.74) is 4.48. The number of nitrogens with one attached hydrogen (secondary N) is 2. The van der Waals surface area contributed by atoms with E-state index in [9.17, 15) is 4.39 Å². The number of hydrogen-bond acceptors (Lipinski definition) is 3. The van der Waals surface area contributed by atoms with Crippen LogP contribution in [-0.4, -0.2) is 24.1 Å². The van der Waals surface area contributed by atoms with E-state index in [4.69, 9.17) is 0 Å². The summed E-state index contributed by atoms with van der Waals surface area (Å²) in [5.74, 6) is 0.774. The Morgan fingerprint density at radius 1 is 1.12 bits per heavy atom. The van der Waals surface area contributed by atoms with Crippen molar-refractivity contribution in [2.24, 2.45) is 0 Å². The summed E-state index contributed by atoms with van der Waals surface area (Å²) in [6, 6.07) is 9.75. The summed E-state index contributed by atoms with van der Waals surface area (Å²) in [5, 5.41) is 6.89. The minimum Gasteiger partial charge on any atom is -0.367 e. The molecule has 4 heteroatoms. The third-order valence-electron chi connectivity index (χ3n) is 4.89. The first-order valence-electron chi connectivity index (χ1n) is 8.72. The third kappa shape index (κ3) is 3.20. The molecule has 1 aliphatic carbocycles. The number of benzene rings is 1. The standard InChI is InChI=1S/C20H22FN3/c21-16-5-6-19-14(12-16)2-1-3-18(19)15-4-7-20(23-13-15)24-17-8-10-22-11-9-17/h3-7,12-13,17,22H,1-2,8-11H2,(H,23,24). The van der Waals surface area contributed by atoms with E-state index in [1.807, 2.05) is 12.3 Å². The molecule has 0 atom stereocenters. The third-order valence-corrected chi connectivity index (χ3v) is 4.89. The molecule has 2 heterocycles. The van der Waals surface area contributed by atoms with Gasteiger partial charge in [0.05, 0.1) is 0 Å². The molecule has 3 nitrogen and oxygen atoms in total. The topological polar surface area (TPSA) is 37.0 Å². The van der Waals surface area contributed by atoms with Crippen LogP contribution in [0.5, 0.6) is 0 Å². The van der Waals surface area contributed by atoms with Gasteiger partial charge in [-0.15, -0.1) is 0 Å². The van der Waals surface area contributed by atoms with E-state index < -0.39 is 0 Å². The summed E-state index contributed by atoms with van der Waals surface area (Å²) < 4.78 is 13.5. The highest BCUT2D eigenvalue weighted by Gasteiger charge is 2.16. The second-order valence-corrected chi connectivity index (χ2v) is 6.56. The summed E-state index contributed by atoms with van der Waals surface area (Å²) >= 11 is 0. The minimum atomic E-state index is -0.158. The lowest BCUT2D eigenvalue weighted by molar-refractivity contribution is 0.478. The molecule has 1 aliphatic heterocycles. The normalized spacial score (nSPS) is 18.0. The van der Waals surface area contributed by atoms with Gasteiger partial charge in [0.2, 0.25) is 0 Å². The molecular formula is C20H22FN3. The molecular weight excluding hydrogens is 301 g/mol. The Labute approximate surface area is 142 Å². The van der Waals surface area contributed by atoms with E-state index in [-0.39, 0.29) is 5.82 Å². The summed E-state index contributed by atoms with van der Waals surface area (Å²) in [6.07, 6.45) is 8.27. The zero-order chi connectivity index (χ0) is 16.4. The molecule has 0 amide bonds. The van der Waals surface area contributed by atoms with Crippen molar-refractivity contribution in [1.82, 2.24) is 10.3 Å². The number of allylic oxidation sites excluding steroid dienone is 1. The molecule has 24 heavy (non-hydrogen) atoms. The first-order chi connectivity index (χ1) is 11.8. The van der Waals surface area contributed by atoms with E-state index in [1.165, 1.54) is 0 Å². The van der Waals surface area contributed by atoms with Crippen LogP contribution in [0.25, 0.3) is 5.57 Å². The van der Waals surface area contributed by atoms with Gasteiger partial charge in [-0.05, 0) is 79.7 Å². The van der Waals surface area contributed by atoms with Crippen LogP contribution in [0.3, 0.4) is 0 Å². The van der Waals surface area contributed by atoms with Gasteiger partial charge in [0.25, 0.3) is 0 Å². The predicted molar refractivity (Wildman–Crippen MR) is 95.6 cm³/mol. The van der Waals surface area contributed by atoms with E-state index in [0.717, 1.165) is 66.9 Å². The van der Waals surface area contributed by atoms with Crippen LogP contribution in [0.4, 0.5) is 10.2 Å². The number of aromatic nitrogens is 1. The van der Waals surface area contributed by atoms with Crippen LogP contribution in [0, 0.1) is 5.82 Å². The van der Waals surface area contributed by atoms with Gasteiger partial charge in [0.15, 0.2) is 0 Å². The Balaban J connectivity index is 1.54. The Morgan fingerprint density at radius 2 is 2.00 bits per heavy atom. The largest absolute Gasteiger partial charge is 0.367 e. The van der Waals surface area contributed by atoms with Gasteiger partial charge in [0.1, 0.15) is 11.6 Å². The van der Waals surface area contributed by atoms with Crippen LogP contribution in [0.15, 0.2) is 42.6 Å². The van der Waals surface area contributed by atoms with Gasteiger partial charge < -0.3 is 10.6 Å². The Kier molecular flexibility index (Phi) is 4.30. The highest BCUT2D eigenvalue weighted by molar-refractivity contribution is 5.82. The maximum Gasteiger partial charge on any atom is 0.126 e. The van der Waals surface area contributed by atoms with Crippen LogP contribution in [-0.2, 0) is 6.42 Å².